The van der Waals surface area contributed by atoms with Crippen molar-refractivity contribution in [3.8, 4) is 0 Å². The first-order chi connectivity index (χ1) is 12.7. The van der Waals surface area contributed by atoms with Gasteiger partial charge in [0.25, 0.3) is 0 Å². The molecule has 3 rings (SSSR count). The monoisotopic (exact) mass is 353 g/mol. The lowest BCUT2D eigenvalue weighted by Crippen LogP contribution is -2.40. The van der Waals surface area contributed by atoms with Gasteiger partial charge < -0.3 is 15.1 Å². The third-order valence-electron chi connectivity index (χ3n) is 5.27. The van der Waals surface area contributed by atoms with Crippen LogP contribution in [0.25, 0.3) is 0 Å². The molecule has 1 fully saturated rings. The summed E-state index contributed by atoms with van der Waals surface area (Å²) in [5, 5.41) is 3.42. The molecule has 5 heteroatoms. The minimum Gasteiger partial charge on any atom is -0.372 e. The normalized spacial score (nSPS) is 17.2. The fourth-order valence-corrected chi connectivity index (χ4v) is 3.74. The summed E-state index contributed by atoms with van der Waals surface area (Å²) >= 11 is 0. The van der Waals surface area contributed by atoms with Gasteiger partial charge in [-0.2, -0.15) is 4.98 Å². The van der Waals surface area contributed by atoms with Gasteiger partial charge in [-0.25, -0.2) is 4.98 Å². The van der Waals surface area contributed by atoms with Crippen LogP contribution in [0.1, 0.15) is 46.5 Å². The Labute approximate surface area is 157 Å². The van der Waals surface area contributed by atoms with Crippen molar-refractivity contribution in [1.29, 1.82) is 0 Å². The third-order valence-corrected chi connectivity index (χ3v) is 5.27. The Balaban J connectivity index is 1.72. The molecule has 1 aromatic carbocycles. The lowest BCUT2D eigenvalue weighted by molar-refractivity contribution is 0.443. The Morgan fingerprint density at radius 2 is 1.85 bits per heavy atom. The van der Waals surface area contributed by atoms with Crippen molar-refractivity contribution >= 4 is 23.1 Å². The smallest absolute Gasteiger partial charge is 0.227 e. The topological polar surface area (TPSA) is 44.3 Å². The van der Waals surface area contributed by atoms with Gasteiger partial charge in [0.05, 0.1) is 0 Å². The molecule has 140 valence electrons. The molecule has 1 unspecified atom stereocenters. The molecule has 26 heavy (non-hydrogen) atoms. The molecule has 2 heterocycles. The molecule has 0 amide bonds. The quantitative estimate of drug-likeness (QED) is 0.772. The zero-order valence-corrected chi connectivity index (χ0v) is 16.3. The van der Waals surface area contributed by atoms with Gasteiger partial charge in [0, 0.05) is 43.2 Å². The molecule has 1 aliphatic rings. The Morgan fingerprint density at radius 1 is 1.08 bits per heavy atom. The summed E-state index contributed by atoms with van der Waals surface area (Å²) in [7, 11) is 0. The highest BCUT2D eigenvalue weighted by Crippen LogP contribution is 2.25. The number of anilines is 4. The predicted molar refractivity (Wildman–Crippen MR) is 111 cm³/mol. The van der Waals surface area contributed by atoms with Crippen molar-refractivity contribution in [2.75, 3.05) is 34.8 Å². The number of benzene rings is 1. The molecule has 0 radical (unpaired) electrons. The van der Waals surface area contributed by atoms with Crippen LogP contribution in [0.5, 0.6) is 0 Å². The Hall–Kier alpha value is -2.30. The number of rotatable bonds is 7. The third kappa shape index (κ3) is 4.26. The van der Waals surface area contributed by atoms with E-state index in [2.05, 4.69) is 65.1 Å². The molecule has 1 N–H and O–H groups in total. The Bertz CT molecular complexity index is 681. The molecule has 1 aliphatic heterocycles. The molecule has 0 saturated carbocycles. The first-order valence-corrected chi connectivity index (χ1v) is 9.96. The summed E-state index contributed by atoms with van der Waals surface area (Å²) in [6.07, 6.45) is 6.78. The molecular weight excluding hydrogens is 322 g/mol. The van der Waals surface area contributed by atoms with E-state index in [1.807, 2.05) is 12.3 Å². The number of aromatic nitrogens is 2. The van der Waals surface area contributed by atoms with E-state index in [1.165, 1.54) is 24.9 Å². The second kappa shape index (κ2) is 8.88. The van der Waals surface area contributed by atoms with Gasteiger partial charge in [-0.1, -0.05) is 6.92 Å². The summed E-state index contributed by atoms with van der Waals surface area (Å²) in [6, 6.07) is 11.1. The van der Waals surface area contributed by atoms with Crippen molar-refractivity contribution in [3.63, 3.8) is 0 Å². The van der Waals surface area contributed by atoms with E-state index >= 15 is 0 Å². The first kappa shape index (κ1) is 18.5. The van der Waals surface area contributed by atoms with Crippen LogP contribution >= 0.6 is 0 Å². The van der Waals surface area contributed by atoms with Crippen molar-refractivity contribution in [1.82, 2.24) is 9.97 Å². The van der Waals surface area contributed by atoms with Crippen LogP contribution in [0, 0.1) is 0 Å². The minimum atomic E-state index is 0.562. The zero-order valence-electron chi connectivity index (χ0n) is 16.3. The molecule has 1 aromatic heterocycles. The first-order valence-electron chi connectivity index (χ1n) is 9.96. The molecule has 0 aliphatic carbocycles. The molecule has 1 saturated heterocycles. The maximum absolute atomic E-state index is 4.77. The largest absolute Gasteiger partial charge is 0.372 e. The number of piperidine rings is 1. The summed E-state index contributed by atoms with van der Waals surface area (Å²) in [5.74, 6) is 1.70. The molecule has 5 nitrogen and oxygen atoms in total. The van der Waals surface area contributed by atoms with Gasteiger partial charge >= 0.3 is 0 Å². The average molecular weight is 354 g/mol. The van der Waals surface area contributed by atoms with E-state index < -0.39 is 0 Å². The Morgan fingerprint density at radius 3 is 2.54 bits per heavy atom. The predicted octanol–water partition coefficient (Wildman–Crippen LogP) is 4.84. The number of hydrogen-bond acceptors (Lipinski definition) is 5. The van der Waals surface area contributed by atoms with Crippen LogP contribution in [0.15, 0.2) is 36.5 Å². The maximum atomic E-state index is 4.77. The van der Waals surface area contributed by atoms with Gasteiger partial charge in [0.2, 0.25) is 5.95 Å². The molecule has 1 atom stereocenters. The van der Waals surface area contributed by atoms with Crippen LogP contribution in [-0.4, -0.2) is 35.6 Å². The highest BCUT2D eigenvalue weighted by atomic mass is 15.3. The van der Waals surface area contributed by atoms with Crippen molar-refractivity contribution < 1.29 is 0 Å². The highest BCUT2D eigenvalue weighted by molar-refractivity contribution is 5.61. The van der Waals surface area contributed by atoms with E-state index in [-0.39, 0.29) is 0 Å². The van der Waals surface area contributed by atoms with Crippen molar-refractivity contribution in [2.24, 2.45) is 0 Å². The van der Waals surface area contributed by atoms with Crippen molar-refractivity contribution in [2.45, 2.75) is 52.5 Å². The van der Waals surface area contributed by atoms with Gasteiger partial charge in [0.15, 0.2) is 0 Å². The lowest BCUT2D eigenvalue weighted by atomic mass is 10.0. The minimum absolute atomic E-state index is 0.562. The molecule has 0 spiro atoms. The highest BCUT2D eigenvalue weighted by Gasteiger charge is 2.23. The van der Waals surface area contributed by atoms with Crippen LogP contribution in [0.3, 0.4) is 0 Å². The Kier molecular flexibility index (Phi) is 6.31. The maximum Gasteiger partial charge on any atom is 0.227 e. The van der Waals surface area contributed by atoms with Gasteiger partial charge in [0.1, 0.15) is 5.82 Å². The lowest BCUT2D eigenvalue weighted by Gasteiger charge is -2.35. The van der Waals surface area contributed by atoms with Gasteiger partial charge in [-0.05, 0) is 69.9 Å². The fraction of sp³-hybridized carbons (Fsp3) is 0.524. The van der Waals surface area contributed by atoms with Gasteiger partial charge in [-0.15, -0.1) is 0 Å². The second-order valence-corrected chi connectivity index (χ2v) is 6.84. The van der Waals surface area contributed by atoms with Crippen LogP contribution in [-0.2, 0) is 0 Å². The molecular formula is C21H31N5. The fourth-order valence-electron chi connectivity index (χ4n) is 3.74. The SMILES string of the molecule is CCC1CCCCN1c1nccc(Nc2ccc(N(CC)CC)cc2)n1. The number of nitrogens with one attached hydrogen (secondary N) is 1. The van der Waals surface area contributed by atoms with Gasteiger partial charge in [-0.3, -0.25) is 0 Å². The number of hydrogen-bond donors (Lipinski definition) is 1. The van der Waals surface area contributed by atoms with E-state index in [9.17, 15) is 0 Å². The van der Waals surface area contributed by atoms with E-state index in [4.69, 9.17) is 4.98 Å². The van der Waals surface area contributed by atoms with Crippen LogP contribution in [0.2, 0.25) is 0 Å². The van der Waals surface area contributed by atoms with E-state index in [1.54, 1.807) is 0 Å². The summed E-state index contributed by atoms with van der Waals surface area (Å²) in [4.78, 5) is 14.0. The molecule has 2 aromatic rings. The van der Waals surface area contributed by atoms with E-state index in [0.717, 1.165) is 43.5 Å². The summed E-state index contributed by atoms with van der Waals surface area (Å²) in [5.41, 5.74) is 2.30. The van der Waals surface area contributed by atoms with E-state index in [0.29, 0.717) is 6.04 Å². The van der Waals surface area contributed by atoms with Crippen LogP contribution in [0.4, 0.5) is 23.1 Å². The van der Waals surface area contributed by atoms with Crippen LogP contribution < -0.4 is 15.1 Å². The zero-order chi connectivity index (χ0) is 18.4. The number of nitrogens with zero attached hydrogens (tertiary/aromatic N) is 4. The average Bonchev–Trinajstić information content (AvgIpc) is 2.70. The standard InChI is InChI=1S/C21H31N5/c1-4-18-9-7-8-16-26(18)21-22-15-14-20(24-21)23-17-10-12-19(13-11-17)25(5-2)6-3/h10-15,18H,4-9,16H2,1-3H3,(H,22,23,24). The van der Waals surface area contributed by atoms with Crippen molar-refractivity contribution in [3.05, 3.63) is 36.5 Å². The summed E-state index contributed by atoms with van der Waals surface area (Å²) in [6.45, 7) is 9.72. The summed E-state index contributed by atoms with van der Waals surface area (Å²) < 4.78 is 0. The second-order valence-electron chi connectivity index (χ2n) is 6.84. The molecule has 0 bridgehead atoms.